The van der Waals surface area contributed by atoms with Crippen molar-refractivity contribution < 1.29 is 14.3 Å². The van der Waals surface area contributed by atoms with Gasteiger partial charge in [-0.2, -0.15) is 0 Å². The fraction of sp³-hybridized carbons (Fsp3) is 0.350. The Kier molecular flexibility index (Phi) is 7.61. The zero-order chi connectivity index (χ0) is 18.8. The van der Waals surface area contributed by atoms with Crippen molar-refractivity contribution in [3.8, 4) is 0 Å². The Morgan fingerprint density at radius 3 is 2.50 bits per heavy atom. The molecule has 0 spiro atoms. The normalized spacial score (nSPS) is 10.2. The molecule has 2 aromatic rings. The third kappa shape index (κ3) is 5.88. The summed E-state index contributed by atoms with van der Waals surface area (Å²) in [6.45, 7) is 5.08. The highest BCUT2D eigenvalue weighted by atomic mass is 16.5. The monoisotopic (exact) mass is 355 g/mol. The summed E-state index contributed by atoms with van der Waals surface area (Å²) in [5.74, 6) is 0.0811. The average Bonchev–Trinajstić information content (AvgIpc) is 2.66. The number of esters is 1. The minimum atomic E-state index is -0.377. The number of amides is 1. The SMILES string of the molecule is CCCCCNc1cc(C(=O)Nc2ccc(C(=O)OCC)cc2)ccn1. The molecular formula is C20H25N3O3. The van der Waals surface area contributed by atoms with Gasteiger partial charge in [0.15, 0.2) is 0 Å². The third-order valence-corrected chi connectivity index (χ3v) is 3.76. The number of nitrogens with zero attached hydrogens (tertiary/aromatic N) is 1. The molecule has 0 aliphatic rings. The Balaban J connectivity index is 1.95. The summed E-state index contributed by atoms with van der Waals surface area (Å²) in [4.78, 5) is 28.3. The van der Waals surface area contributed by atoms with Crippen molar-refractivity contribution in [2.45, 2.75) is 33.1 Å². The minimum absolute atomic E-state index is 0.229. The standard InChI is InChI=1S/C20H25N3O3/c1-3-5-6-12-21-18-14-16(11-13-22-18)19(24)23-17-9-7-15(8-10-17)20(25)26-4-2/h7-11,13-14H,3-6,12H2,1-2H3,(H,21,22)(H,23,24). The summed E-state index contributed by atoms with van der Waals surface area (Å²) < 4.78 is 4.94. The lowest BCUT2D eigenvalue weighted by Crippen LogP contribution is -2.13. The van der Waals surface area contributed by atoms with Gasteiger partial charge in [0, 0.05) is 24.0 Å². The first-order valence-corrected chi connectivity index (χ1v) is 8.92. The number of aromatic nitrogens is 1. The lowest BCUT2D eigenvalue weighted by molar-refractivity contribution is 0.0526. The van der Waals surface area contributed by atoms with Crippen molar-refractivity contribution in [3.05, 3.63) is 53.7 Å². The van der Waals surface area contributed by atoms with Gasteiger partial charge in [-0.05, 0) is 49.7 Å². The summed E-state index contributed by atoms with van der Waals surface area (Å²) >= 11 is 0. The zero-order valence-electron chi connectivity index (χ0n) is 15.2. The number of pyridine rings is 1. The van der Waals surface area contributed by atoms with Gasteiger partial charge in [0.05, 0.1) is 12.2 Å². The van der Waals surface area contributed by atoms with Gasteiger partial charge in [-0.15, -0.1) is 0 Å². The number of carbonyl (C=O) groups is 2. The van der Waals surface area contributed by atoms with E-state index in [-0.39, 0.29) is 11.9 Å². The molecule has 1 heterocycles. The van der Waals surface area contributed by atoms with Gasteiger partial charge in [-0.1, -0.05) is 19.8 Å². The molecule has 2 N–H and O–H groups in total. The van der Waals surface area contributed by atoms with Crippen molar-refractivity contribution in [2.24, 2.45) is 0 Å². The maximum atomic E-state index is 12.4. The molecule has 6 heteroatoms. The molecule has 6 nitrogen and oxygen atoms in total. The molecule has 0 unspecified atom stereocenters. The van der Waals surface area contributed by atoms with Crippen LogP contribution < -0.4 is 10.6 Å². The zero-order valence-corrected chi connectivity index (χ0v) is 15.2. The Bertz CT molecular complexity index is 729. The van der Waals surface area contributed by atoms with Crippen LogP contribution in [0.25, 0.3) is 0 Å². The topological polar surface area (TPSA) is 80.3 Å². The van der Waals surface area contributed by atoms with E-state index < -0.39 is 0 Å². The van der Waals surface area contributed by atoms with Gasteiger partial charge in [-0.25, -0.2) is 9.78 Å². The predicted molar refractivity (Wildman–Crippen MR) is 103 cm³/mol. The van der Waals surface area contributed by atoms with E-state index in [0.29, 0.717) is 29.2 Å². The van der Waals surface area contributed by atoms with Gasteiger partial charge >= 0.3 is 5.97 Å². The van der Waals surface area contributed by atoms with Crippen LogP contribution in [0, 0.1) is 0 Å². The summed E-state index contributed by atoms with van der Waals surface area (Å²) in [7, 11) is 0. The third-order valence-electron chi connectivity index (χ3n) is 3.76. The fourth-order valence-electron chi connectivity index (χ4n) is 2.37. The van der Waals surface area contributed by atoms with Crippen molar-refractivity contribution in [1.82, 2.24) is 4.98 Å². The van der Waals surface area contributed by atoms with Crippen molar-refractivity contribution >= 4 is 23.4 Å². The second-order valence-corrected chi connectivity index (χ2v) is 5.82. The Morgan fingerprint density at radius 1 is 1.04 bits per heavy atom. The van der Waals surface area contributed by atoms with E-state index in [1.165, 1.54) is 0 Å². The Labute approximate surface area is 154 Å². The molecule has 1 amide bonds. The molecule has 0 aliphatic carbocycles. The minimum Gasteiger partial charge on any atom is -0.462 e. The number of benzene rings is 1. The van der Waals surface area contributed by atoms with Crippen LogP contribution in [-0.4, -0.2) is 30.0 Å². The summed E-state index contributed by atoms with van der Waals surface area (Å²) in [6, 6.07) is 10.0. The van der Waals surface area contributed by atoms with Crippen LogP contribution in [0.5, 0.6) is 0 Å². The molecular weight excluding hydrogens is 330 g/mol. The Hall–Kier alpha value is -2.89. The van der Waals surface area contributed by atoms with Crippen LogP contribution in [0.2, 0.25) is 0 Å². The van der Waals surface area contributed by atoms with E-state index >= 15 is 0 Å². The molecule has 0 bridgehead atoms. The van der Waals surface area contributed by atoms with Crippen molar-refractivity contribution in [1.29, 1.82) is 0 Å². The molecule has 1 aromatic heterocycles. The quantitative estimate of drug-likeness (QED) is 0.522. The molecule has 0 fully saturated rings. The van der Waals surface area contributed by atoms with Crippen molar-refractivity contribution in [2.75, 3.05) is 23.8 Å². The van der Waals surface area contributed by atoms with Crippen LogP contribution in [0.1, 0.15) is 53.8 Å². The van der Waals surface area contributed by atoms with E-state index in [0.717, 1.165) is 25.8 Å². The lowest BCUT2D eigenvalue weighted by Gasteiger charge is -2.09. The molecule has 26 heavy (non-hydrogen) atoms. The Morgan fingerprint density at radius 2 is 1.81 bits per heavy atom. The van der Waals surface area contributed by atoms with Crippen LogP contribution >= 0.6 is 0 Å². The van der Waals surface area contributed by atoms with E-state index in [1.807, 2.05) is 0 Å². The molecule has 0 atom stereocenters. The first-order chi connectivity index (χ1) is 12.6. The first kappa shape index (κ1) is 19.4. The van der Waals surface area contributed by atoms with Gasteiger partial charge in [0.1, 0.15) is 5.82 Å². The average molecular weight is 355 g/mol. The molecule has 1 aromatic carbocycles. The molecule has 0 radical (unpaired) electrons. The van der Waals surface area contributed by atoms with Gasteiger partial charge in [-0.3, -0.25) is 4.79 Å². The molecule has 0 saturated carbocycles. The van der Waals surface area contributed by atoms with E-state index in [1.54, 1.807) is 49.5 Å². The van der Waals surface area contributed by atoms with Gasteiger partial charge in [0.25, 0.3) is 5.91 Å². The molecule has 138 valence electrons. The number of unbranched alkanes of at least 4 members (excludes halogenated alkanes) is 2. The van der Waals surface area contributed by atoms with E-state index in [2.05, 4.69) is 22.5 Å². The van der Waals surface area contributed by atoms with Crippen LogP contribution in [0.15, 0.2) is 42.6 Å². The molecule has 0 aliphatic heterocycles. The van der Waals surface area contributed by atoms with Gasteiger partial charge in [0.2, 0.25) is 0 Å². The number of anilines is 2. The number of nitrogens with one attached hydrogen (secondary N) is 2. The maximum absolute atomic E-state index is 12.4. The predicted octanol–water partition coefficient (Wildman–Crippen LogP) is 4.11. The fourth-order valence-corrected chi connectivity index (χ4v) is 2.37. The number of hydrogen-bond acceptors (Lipinski definition) is 5. The number of hydrogen-bond donors (Lipinski definition) is 2. The molecule has 0 saturated heterocycles. The van der Waals surface area contributed by atoms with Crippen LogP contribution in [0.4, 0.5) is 11.5 Å². The van der Waals surface area contributed by atoms with Crippen LogP contribution in [0.3, 0.4) is 0 Å². The highest BCUT2D eigenvalue weighted by molar-refractivity contribution is 6.04. The second kappa shape index (κ2) is 10.2. The van der Waals surface area contributed by atoms with E-state index in [4.69, 9.17) is 4.74 Å². The maximum Gasteiger partial charge on any atom is 0.338 e. The molecule has 2 rings (SSSR count). The summed E-state index contributed by atoms with van der Waals surface area (Å²) in [5.41, 5.74) is 1.58. The number of carbonyl (C=O) groups excluding carboxylic acids is 2. The first-order valence-electron chi connectivity index (χ1n) is 8.92. The summed E-state index contributed by atoms with van der Waals surface area (Å²) in [6.07, 6.45) is 5.00. The largest absolute Gasteiger partial charge is 0.462 e. The highest BCUT2D eigenvalue weighted by Crippen LogP contribution is 2.14. The van der Waals surface area contributed by atoms with Gasteiger partial charge < -0.3 is 15.4 Å². The van der Waals surface area contributed by atoms with E-state index in [9.17, 15) is 9.59 Å². The number of ether oxygens (including phenoxy) is 1. The number of rotatable bonds is 9. The second-order valence-electron chi connectivity index (χ2n) is 5.82. The summed E-state index contributed by atoms with van der Waals surface area (Å²) in [5, 5.41) is 6.04. The van der Waals surface area contributed by atoms with Crippen molar-refractivity contribution in [3.63, 3.8) is 0 Å². The smallest absolute Gasteiger partial charge is 0.338 e. The van der Waals surface area contributed by atoms with Crippen LogP contribution in [-0.2, 0) is 4.74 Å². The lowest BCUT2D eigenvalue weighted by atomic mass is 10.2. The highest BCUT2D eigenvalue weighted by Gasteiger charge is 2.09.